The summed E-state index contributed by atoms with van der Waals surface area (Å²) in [5.41, 5.74) is 1.29. The van der Waals surface area contributed by atoms with Crippen molar-refractivity contribution in [2.45, 2.75) is 58.5 Å². The maximum Gasteiger partial charge on any atom is 0.191 e. The van der Waals surface area contributed by atoms with E-state index in [-0.39, 0.29) is 24.0 Å². The van der Waals surface area contributed by atoms with Crippen molar-refractivity contribution < 1.29 is 0 Å². The molecule has 1 aromatic carbocycles. The Kier molecular flexibility index (Phi) is 9.81. The Labute approximate surface area is 186 Å². The van der Waals surface area contributed by atoms with Gasteiger partial charge in [0.15, 0.2) is 5.96 Å². The van der Waals surface area contributed by atoms with Crippen LogP contribution >= 0.6 is 24.0 Å². The van der Waals surface area contributed by atoms with Crippen LogP contribution in [0.25, 0.3) is 0 Å². The highest BCUT2D eigenvalue weighted by molar-refractivity contribution is 14.0. The van der Waals surface area contributed by atoms with Gasteiger partial charge in [0, 0.05) is 44.5 Å². The SMILES string of the molecule is CCNC(=NCCc1nccn1Cc1ccccc1)NC1CCC(C)CC1.I. The fraction of sp³-hybridized carbons (Fsp3) is 0.545. The summed E-state index contributed by atoms with van der Waals surface area (Å²) in [4.78, 5) is 9.32. The molecule has 0 radical (unpaired) electrons. The summed E-state index contributed by atoms with van der Waals surface area (Å²) < 4.78 is 2.22. The van der Waals surface area contributed by atoms with E-state index in [1.165, 1.54) is 31.2 Å². The van der Waals surface area contributed by atoms with E-state index in [1.807, 2.05) is 6.20 Å². The Hall–Kier alpha value is -1.57. The first-order valence-corrected chi connectivity index (χ1v) is 10.3. The van der Waals surface area contributed by atoms with Gasteiger partial charge in [0.25, 0.3) is 0 Å². The molecule has 0 spiro atoms. The predicted molar refractivity (Wildman–Crippen MR) is 127 cm³/mol. The monoisotopic (exact) mass is 495 g/mol. The van der Waals surface area contributed by atoms with Crippen LogP contribution in [0.1, 0.15) is 50.9 Å². The molecule has 6 heteroatoms. The van der Waals surface area contributed by atoms with Gasteiger partial charge in [-0.1, -0.05) is 37.3 Å². The zero-order chi connectivity index (χ0) is 18.9. The van der Waals surface area contributed by atoms with E-state index >= 15 is 0 Å². The minimum absolute atomic E-state index is 0. The average Bonchev–Trinajstić information content (AvgIpc) is 3.11. The van der Waals surface area contributed by atoms with Gasteiger partial charge >= 0.3 is 0 Å². The first-order valence-electron chi connectivity index (χ1n) is 10.3. The lowest BCUT2D eigenvalue weighted by Gasteiger charge is -2.28. The maximum atomic E-state index is 4.79. The van der Waals surface area contributed by atoms with E-state index in [2.05, 4.69) is 70.6 Å². The molecule has 3 rings (SSSR count). The molecule has 0 aliphatic heterocycles. The molecule has 1 heterocycles. The third-order valence-corrected chi connectivity index (χ3v) is 5.30. The number of hydrogen-bond donors (Lipinski definition) is 2. The fourth-order valence-electron chi connectivity index (χ4n) is 3.68. The average molecular weight is 495 g/mol. The number of aliphatic imine (C=N–C) groups is 1. The minimum Gasteiger partial charge on any atom is -0.357 e. The molecule has 2 N–H and O–H groups in total. The lowest BCUT2D eigenvalue weighted by molar-refractivity contribution is 0.329. The van der Waals surface area contributed by atoms with Crippen molar-refractivity contribution in [1.82, 2.24) is 20.2 Å². The summed E-state index contributed by atoms with van der Waals surface area (Å²) in [7, 11) is 0. The minimum atomic E-state index is 0. The Bertz CT molecular complexity index is 705. The molecule has 154 valence electrons. The van der Waals surface area contributed by atoms with E-state index in [1.54, 1.807) is 0 Å². The molecule has 28 heavy (non-hydrogen) atoms. The first kappa shape index (κ1) is 22.7. The van der Waals surface area contributed by atoms with Gasteiger partial charge in [0.1, 0.15) is 5.82 Å². The molecule has 1 aromatic heterocycles. The van der Waals surface area contributed by atoms with Crippen LogP contribution in [0, 0.1) is 5.92 Å². The highest BCUT2D eigenvalue weighted by atomic mass is 127. The lowest BCUT2D eigenvalue weighted by atomic mass is 9.87. The molecule has 1 aliphatic carbocycles. The van der Waals surface area contributed by atoms with Crippen LogP contribution in [-0.2, 0) is 13.0 Å². The van der Waals surface area contributed by atoms with Gasteiger partial charge in [-0.15, -0.1) is 24.0 Å². The number of guanidine groups is 1. The number of imidazole rings is 1. The smallest absolute Gasteiger partial charge is 0.191 e. The Morgan fingerprint density at radius 1 is 1.18 bits per heavy atom. The molecule has 0 atom stereocenters. The van der Waals surface area contributed by atoms with Crippen LogP contribution in [0.3, 0.4) is 0 Å². The molecule has 2 aromatic rings. The van der Waals surface area contributed by atoms with Crippen molar-refractivity contribution in [2.75, 3.05) is 13.1 Å². The molecular weight excluding hydrogens is 461 g/mol. The van der Waals surface area contributed by atoms with E-state index in [9.17, 15) is 0 Å². The Balaban J connectivity index is 0.00000280. The summed E-state index contributed by atoms with van der Waals surface area (Å²) in [6.07, 6.45) is 9.90. The summed E-state index contributed by atoms with van der Waals surface area (Å²) in [5, 5.41) is 7.01. The van der Waals surface area contributed by atoms with E-state index in [0.717, 1.165) is 43.8 Å². The number of benzene rings is 1. The second-order valence-electron chi connectivity index (χ2n) is 7.57. The molecule has 0 amide bonds. The highest BCUT2D eigenvalue weighted by Crippen LogP contribution is 2.23. The molecule has 0 bridgehead atoms. The second kappa shape index (κ2) is 12.1. The topological polar surface area (TPSA) is 54.2 Å². The van der Waals surface area contributed by atoms with Crippen LogP contribution in [0.5, 0.6) is 0 Å². The fourth-order valence-corrected chi connectivity index (χ4v) is 3.68. The van der Waals surface area contributed by atoms with Gasteiger partial charge in [0.05, 0.1) is 0 Å². The Morgan fingerprint density at radius 3 is 2.64 bits per heavy atom. The largest absolute Gasteiger partial charge is 0.357 e. The number of hydrogen-bond acceptors (Lipinski definition) is 2. The van der Waals surface area contributed by atoms with Crippen LogP contribution in [-0.4, -0.2) is 34.6 Å². The van der Waals surface area contributed by atoms with Crippen LogP contribution < -0.4 is 10.6 Å². The van der Waals surface area contributed by atoms with Crippen molar-refractivity contribution >= 4 is 29.9 Å². The van der Waals surface area contributed by atoms with Crippen molar-refractivity contribution in [3.8, 4) is 0 Å². The lowest BCUT2D eigenvalue weighted by Crippen LogP contribution is -2.44. The van der Waals surface area contributed by atoms with Gasteiger partial charge in [-0.3, -0.25) is 4.99 Å². The quantitative estimate of drug-likeness (QED) is 0.344. The van der Waals surface area contributed by atoms with Gasteiger partial charge < -0.3 is 15.2 Å². The molecule has 1 aliphatic rings. The maximum absolute atomic E-state index is 4.79. The van der Waals surface area contributed by atoms with Crippen molar-refractivity contribution in [3.63, 3.8) is 0 Å². The zero-order valence-electron chi connectivity index (χ0n) is 17.1. The predicted octanol–water partition coefficient (Wildman–Crippen LogP) is 4.23. The van der Waals surface area contributed by atoms with Crippen molar-refractivity contribution in [2.24, 2.45) is 10.9 Å². The standard InChI is InChI=1S/C22H33N5.HI/c1-3-23-22(26-20-11-9-18(2)10-12-20)25-14-13-21-24-15-16-27(21)17-19-7-5-4-6-8-19;/h4-8,15-16,18,20H,3,9-14,17H2,1-2H3,(H2,23,25,26);1H. The number of nitrogens with zero attached hydrogens (tertiary/aromatic N) is 3. The summed E-state index contributed by atoms with van der Waals surface area (Å²) in [6.45, 7) is 6.96. The summed E-state index contributed by atoms with van der Waals surface area (Å²) in [6, 6.07) is 11.1. The Morgan fingerprint density at radius 2 is 1.93 bits per heavy atom. The van der Waals surface area contributed by atoms with E-state index in [0.29, 0.717) is 6.04 Å². The summed E-state index contributed by atoms with van der Waals surface area (Å²) >= 11 is 0. The first-order chi connectivity index (χ1) is 13.2. The number of rotatable bonds is 7. The molecule has 0 saturated heterocycles. The third kappa shape index (κ3) is 7.11. The highest BCUT2D eigenvalue weighted by Gasteiger charge is 2.18. The van der Waals surface area contributed by atoms with Gasteiger partial charge in [-0.25, -0.2) is 4.98 Å². The number of halogens is 1. The third-order valence-electron chi connectivity index (χ3n) is 5.30. The molecule has 0 unspecified atom stereocenters. The van der Waals surface area contributed by atoms with Crippen LogP contribution in [0.15, 0.2) is 47.7 Å². The van der Waals surface area contributed by atoms with Crippen LogP contribution in [0.2, 0.25) is 0 Å². The van der Waals surface area contributed by atoms with Gasteiger partial charge in [-0.2, -0.15) is 0 Å². The van der Waals surface area contributed by atoms with Crippen molar-refractivity contribution in [3.05, 3.63) is 54.1 Å². The van der Waals surface area contributed by atoms with Gasteiger partial charge in [0.2, 0.25) is 0 Å². The summed E-state index contributed by atoms with van der Waals surface area (Å²) in [5.74, 6) is 2.90. The zero-order valence-corrected chi connectivity index (χ0v) is 19.4. The van der Waals surface area contributed by atoms with Crippen LogP contribution in [0.4, 0.5) is 0 Å². The number of nitrogens with one attached hydrogen (secondary N) is 2. The molecular formula is C22H34IN5. The molecule has 1 fully saturated rings. The molecule has 1 saturated carbocycles. The number of aromatic nitrogens is 2. The second-order valence-corrected chi connectivity index (χ2v) is 7.57. The molecule has 5 nitrogen and oxygen atoms in total. The van der Waals surface area contributed by atoms with E-state index < -0.39 is 0 Å². The normalized spacial score (nSPS) is 19.7. The van der Waals surface area contributed by atoms with E-state index in [4.69, 9.17) is 4.99 Å². The van der Waals surface area contributed by atoms with Gasteiger partial charge in [-0.05, 0) is 44.1 Å². The van der Waals surface area contributed by atoms with Crippen molar-refractivity contribution in [1.29, 1.82) is 0 Å².